The van der Waals surface area contributed by atoms with Crippen molar-refractivity contribution in [2.75, 3.05) is 0 Å². The van der Waals surface area contributed by atoms with Gasteiger partial charge in [-0.25, -0.2) is 39.0 Å². The summed E-state index contributed by atoms with van der Waals surface area (Å²) < 4.78 is 68.9. The van der Waals surface area contributed by atoms with Crippen molar-refractivity contribution in [2.45, 2.75) is 0 Å². The van der Waals surface area contributed by atoms with Crippen molar-refractivity contribution in [3.63, 3.8) is 0 Å². The van der Waals surface area contributed by atoms with Crippen molar-refractivity contribution >= 4 is 12.1 Å². The molecule has 0 radical (unpaired) electrons. The van der Waals surface area contributed by atoms with Gasteiger partial charge in [0.15, 0.2) is 0 Å². The molecule has 0 unspecified atom stereocenters. The summed E-state index contributed by atoms with van der Waals surface area (Å²) in [5.41, 5.74) is -0.316. The minimum absolute atomic E-state index is 0. The van der Waals surface area contributed by atoms with Crippen molar-refractivity contribution < 1.29 is 50.3 Å². The van der Waals surface area contributed by atoms with Crippen LogP contribution in [-0.2, 0) is 0 Å². The minimum atomic E-state index is -2.72. The number of halogens is 5. The number of esters is 1. The Morgan fingerprint density at radius 2 is 1.31 bits per heavy atom. The van der Waals surface area contributed by atoms with Gasteiger partial charge in [0.05, 0.1) is 0 Å². The Balaban J connectivity index is 0.000000672. The summed E-state index contributed by atoms with van der Waals surface area (Å²) in [5.74, 6) is -8.85. The Morgan fingerprint density at radius 1 is 0.897 bits per heavy atom. The molecule has 8 nitrogen and oxygen atoms in total. The van der Waals surface area contributed by atoms with E-state index < -0.39 is 47.0 Å². The fourth-order valence-electron chi connectivity index (χ4n) is 1.36. The summed E-state index contributed by atoms with van der Waals surface area (Å²) in [6, 6.07) is 1.09. The van der Waals surface area contributed by atoms with Crippen LogP contribution in [0.4, 0.5) is 22.0 Å². The molecule has 1 aromatic heterocycles. The van der Waals surface area contributed by atoms with Crippen LogP contribution in [0.25, 0.3) is 0 Å². The van der Waals surface area contributed by atoms with Gasteiger partial charge in [-0.15, -0.1) is 23.9 Å². The Morgan fingerprint density at radius 3 is 1.62 bits per heavy atom. The smallest absolute Gasteiger partial charge is 0.415 e. The number of ether oxygens (including phenoxy) is 1. The molecule has 0 fully saturated rings. The fraction of sp³-hybridized carbons (Fsp3) is 0. The predicted molar refractivity (Wildman–Crippen MR) is 78.0 cm³/mol. The van der Waals surface area contributed by atoms with E-state index in [1.165, 1.54) is 23.9 Å². The quantitative estimate of drug-likeness (QED) is 0.170. The molecule has 0 amide bonds. The van der Waals surface area contributed by atoms with Crippen LogP contribution >= 0.6 is 0 Å². The van der Waals surface area contributed by atoms with Crippen LogP contribution < -0.4 is 23.6 Å². The first-order chi connectivity index (χ1) is 13.2. The molecule has 15 heteroatoms. The van der Waals surface area contributed by atoms with Crippen LogP contribution in [0.3, 0.4) is 0 Å². The zero-order valence-electron chi connectivity index (χ0n) is 14.2. The number of carbonyl (C=O) groups is 1. The Kier molecular flexibility index (Phi) is 9.11. The van der Waals surface area contributed by atoms with E-state index in [2.05, 4.69) is 14.9 Å². The molecule has 0 saturated carbocycles. The molecular formula is C14H3BF5LiN6O2. The van der Waals surface area contributed by atoms with Crippen molar-refractivity contribution in [3.8, 4) is 29.6 Å². The van der Waals surface area contributed by atoms with E-state index in [0.29, 0.717) is 0 Å². The molecule has 2 rings (SSSR count). The molecule has 0 aliphatic heterocycles. The maximum Gasteiger partial charge on any atom is 1.00 e. The zero-order valence-corrected chi connectivity index (χ0v) is 14.2. The first-order valence-corrected chi connectivity index (χ1v) is 6.71. The summed E-state index contributed by atoms with van der Waals surface area (Å²) in [4.78, 5) is 11.3. The summed E-state index contributed by atoms with van der Waals surface area (Å²) in [5, 5.41) is 37.8. The molecule has 1 aromatic carbocycles. The van der Waals surface area contributed by atoms with Crippen molar-refractivity contribution in [2.24, 2.45) is 0 Å². The van der Waals surface area contributed by atoms with Crippen LogP contribution in [0.15, 0.2) is 12.3 Å². The van der Waals surface area contributed by atoms with Gasteiger partial charge < -0.3 is 4.74 Å². The van der Waals surface area contributed by atoms with Crippen molar-refractivity contribution in [3.05, 3.63) is 47.0 Å². The average molecular weight is 400 g/mol. The molecule has 0 aliphatic rings. The third kappa shape index (κ3) is 5.34. The van der Waals surface area contributed by atoms with E-state index in [0.717, 1.165) is 12.3 Å². The van der Waals surface area contributed by atoms with Gasteiger partial charge in [-0.3, -0.25) is 5.10 Å². The second-order valence-corrected chi connectivity index (χ2v) is 4.64. The largest absolute Gasteiger partial charge is 1.00 e. The number of aromatic nitrogens is 2. The normalized spacial score (nSPS) is 9.28. The maximum atomic E-state index is 13.2. The number of H-pyrrole nitrogens is 1. The standard InChI is InChI=1S/C10H3F5N2O2.C4BN4.Li/c11-4-5(12)7(14)9(8(15)6(4)13)19-10(18)3-1-2-16-17-3;6-1-5(2-7,3-8)4-9;/h1-2H,(H,16,17);;/q;-1;+1. The molecule has 29 heavy (non-hydrogen) atoms. The second kappa shape index (κ2) is 10.5. The number of hydrogen-bond acceptors (Lipinski definition) is 7. The van der Waals surface area contributed by atoms with Gasteiger partial charge in [0.2, 0.25) is 34.8 Å². The van der Waals surface area contributed by atoms with Gasteiger partial charge in [-0.1, -0.05) is 0 Å². The van der Waals surface area contributed by atoms with E-state index >= 15 is 0 Å². The maximum absolute atomic E-state index is 13.2. The topological polar surface area (TPSA) is 150 Å². The Bertz CT molecular complexity index is 994. The number of hydrogen-bond donors (Lipinski definition) is 1. The van der Waals surface area contributed by atoms with Crippen LogP contribution in [0.2, 0.25) is 0 Å². The number of rotatable bonds is 2. The molecule has 0 spiro atoms. The van der Waals surface area contributed by atoms with Crippen LogP contribution in [-0.4, -0.2) is 22.3 Å². The molecule has 0 aliphatic carbocycles. The molecular weight excluding hydrogens is 397 g/mol. The molecule has 1 heterocycles. The third-order valence-electron chi connectivity index (χ3n) is 2.86. The third-order valence-corrected chi connectivity index (χ3v) is 2.86. The molecule has 1 N–H and O–H groups in total. The summed E-state index contributed by atoms with van der Waals surface area (Å²) >= 11 is 0. The molecule has 0 atom stereocenters. The van der Waals surface area contributed by atoms with Gasteiger partial charge in [0.1, 0.15) is 5.69 Å². The van der Waals surface area contributed by atoms with Crippen molar-refractivity contribution in [1.82, 2.24) is 10.2 Å². The predicted octanol–water partition coefficient (Wildman–Crippen LogP) is -0.985. The second-order valence-electron chi connectivity index (χ2n) is 4.64. The SMILES string of the molecule is N#C[B-](C#N)(C#N)C#N.O=C(Oc1c(F)c(F)c(F)c(F)c1F)c1ccn[nH]1.[Li+]. The van der Waals surface area contributed by atoms with Gasteiger partial charge in [0.25, 0.3) is 0 Å². The first-order valence-electron chi connectivity index (χ1n) is 6.71. The van der Waals surface area contributed by atoms with Gasteiger partial charge in [-0.2, -0.15) is 13.9 Å². The molecule has 140 valence electrons. The van der Waals surface area contributed by atoms with Gasteiger partial charge >= 0.3 is 31.0 Å². The summed E-state index contributed by atoms with van der Waals surface area (Å²) in [6.07, 6.45) is -1.59. The van der Waals surface area contributed by atoms with E-state index in [1.54, 1.807) is 0 Å². The van der Waals surface area contributed by atoms with Gasteiger partial charge in [-0.05, 0) is 6.07 Å². The van der Waals surface area contributed by atoms with E-state index in [-0.39, 0.29) is 24.6 Å². The Labute approximate surface area is 170 Å². The van der Waals surface area contributed by atoms with E-state index in [9.17, 15) is 26.7 Å². The zero-order chi connectivity index (χ0) is 21.5. The summed E-state index contributed by atoms with van der Waals surface area (Å²) in [7, 11) is 0. The number of aromatic amines is 1. The first kappa shape index (κ1) is 25.2. The number of benzene rings is 1. The van der Waals surface area contributed by atoms with Crippen LogP contribution in [0.1, 0.15) is 10.5 Å². The van der Waals surface area contributed by atoms with Crippen molar-refractivity contribution in [1.29, 1.82) is 21.0 Å². The molecule has 0 saturated heterocycles. The van der Waals surface area contributed by atoms with E-state index in [4.69, 9.17) is 21.0 Å². The van der Waals surface area contributed by atoms with Crippen LogP contribution in [0.5, 0.6) is 5.75 Å². The fourth-order valence-corrected chi connectivity index (χ4v) is 1.36. The minimum Gasteiger partial charge on any atom is -0.415 e. The number of nitrogens with one attached hydrogen (secondary N) is 1. The average Bonchev–Trinajstić information content (AvgIpc) is 3.26. The summed E-state index contributed by atoms with van der Waals surface area (Å²) in [6.45, 7) is 0. The Hall–Kier alpha value is -3.83. The number of nitriles is 4. The number of carbonyl (C=O) groups excluding carboxylic acids is 1. The van der Waals surface area contributed by atoms with Gasteiger partial charge in [0, 0.05) is 6.20 Å². The monoisotopic (exact) mass is 400 g/mol. The number of nitrogens with zero attached hydrogens (tertiary/aromatic N) is 5. The molecule has 2 aromatic rings. The van der Waals surface area contributed by atoms with E-state index in [1.807, 2.05) is 0 Å². The van der Waals surface area contributed by atoms with Crippen LogP contribution in [0, 0.1) is 74.0 Å². The molecule has 0 bridgehead atoms.